The first-order valence-corrected chi connectivity index (χ1v) is 11.7. The summed E-state index contributed by atoms with van der Waals surface area (Å²) in [5, 5.41) is 1.06. The van der Waals surface area contributed by atoms with E-state index < -0.39 is 6.10 Å². The number of rotatable bonds is 8. The summed E-state index contributed by atoms with van der Waals surface area (Å²) in [5.41, 5.74) is 2.69. The average Bonchev–Trinajstić information content (AvgIpc) is 2.83. The molecule has 2 aromatic carbocycles. The maximum atomic E-state index is 13.8. The number of morpholine rings is 1. The molecule has 0 aliphatic carbocycles. The van der Waals surface area contributed by atoms with Gasteiger partial charge in [-0.3, -0.25) is 14.7 Å². The number of hydrogen-bond acceptors (Lipinski definition) is 5. The molecule has 0 N–H and O–H groups in total. The Hall–Kier alpha value is -3.03. The van der Waals surface area contributed by atoms with E-state index in [-0.39, 0.29) is 11.7 Å². The van der Waals surface area contributed by atoms with E-state index in [0.717, 1.165) is 22.0 Å². The van der Waals surface area contributed by atoms with E-state index in [0.29, 0.717) is 51.0 Å². The molecular formula is C27H32FN3O3. The molecule has 1 aliphatic rings. The first-order chi connectivity index (χ1) is 16.4. The third kappa shape index (κ3) is 5.72. The third-order valence-corrected chi connectivity index (χ3v) is 6.04. The molecule has 0 unspecified atom stereocenters. The number of nitrogens with zero attached hydrogens (tertiary/aromatic N) is 3. The van der Waals surface area contributed by atoms with Crippen molar-refractivity contribution in [1.82, 2.24) is 14.8 Å². The van der Waals surface area contributed by atoms with Crippen LogP contribution in [0.15, 0.2) is 54.7 Å². The van der Waals surface area contributed by atoms with Crippen molar-refractivity contribution in [2.45, 2.75) is 33.0 Å². The Kier molecular flexibility index (Phi) is 7.75. The summed E-state index contributed by atoms with van der Waals surface area (Å²) in [7, 11) is 1.58. The molecule has 1 fully saturated rings. The zero-order chi connectivity index (χ0) is 24.1. The van der Waals surface area contributed by atoms with Crippen LogP contribution in [0.3, 0.4) is 0 Å². The van der Waals surface area contributed by atoms with Crippen LogP contribution in [0.4, 0.5) is 4.39 Å². The maximum Gasteiger partial charge on any atom is 0.253 e. The molecular weight excluding hydrogens is 433 g/mol. The van der Waals surface area contributed by atoms with Crippen LogP contribution in [0.1, 0.15) is 25.0 Å². The number of ether oxygens (including phenoxy) is 2. The van der Waals surface area contributed by atoms with Crippen molar-refractivity contribution in [3.8, 4) is 5.75 Å². The lowest BCUT2D eigenvalue weighted by Gasteiger charge is -2.36. The van der Waals surface area contributed by atoms with E-state index in [4.69, 9.17) is 9.47 Å². The van der Waals surface area contributed by atoms with Gasteiger partial charge in [-0.05, 0) is 35.7 Å². The Morgan fingerprint density at radius 2 is 2.06 bits per heavy atom. The number of hydrogen-bond donors (Lipinski definition) is 0. The zero-order valence-electron chi connectivity index (χ0n) is 20.0. The minimum Gasteiger partial charge on any atom is -0.496 e. The summed E-state index contributed by atoms with van der Waals surface area (Å²) in [6.45, 7) is 7.35. The molecule has 180 valence electrons. The molecule has 4 rings (SSSR count). The average molecular weight is 466 g/mol. The number of methoxy groups -OCH3 is 1. The van der Waals surface area contributed by atoms with E-state index in [1.54, 1.807) is 19.4 Å². The molecule has 1 aliphatic heterocycles. The lowest BCUT2D eigenvalue weighted by Crippen LogP contribution is -2.51. The molecule has 1 saturated heterocycles. The number of carbonyl (C=O) groups is 1. The van der Waals surface area contributed by atoms with E-state index in [1.807, 2.05) is 35.2 Å². The first kappa shape index (κ1) is 24.1. The highest BCUT2D eigenvalue weighted by molar-refractivity contribution is 5.84. The number of fused-ring (bicyclic) bond motifs is 1. The van der Waals surface area contributed by atoms with Gasteiger partial charge in [-0.15, -0.1) is 0 Å². The Morgan fingerprint density at radius 3 is 2.85 bits per heavy atom. The molecule has 3 aromatic rings. The third-order valence-electron chi connectivity index (χ3n) is 6.04. The predicted octanol–water partition coefficient (Wildman–Crippen LogP) is 4.27. The van der Waals surface area contributed by atoms with Crippen molar-refractivity contribution >= 4 is 16.8 Å². The second kappa shape index (κ2) is 10.9. The number of benzene rings is 2. The first-order valence-electron chi connectivity index (χ1n) is 11.7. The summed E-state index contributed by atoms with van der Waals surface area (Å²) in [5.74, 6) is 0.616. The molecule has 1 aromatic heterocycles. The highest BCUT2D eigenvalue weighted by atomic mass is 19.1. The molecule has 34 heavy (non-hydrogen) atoms. The normalized spacial score (nSPS) is 16.7. The van der Waals surface area contributed by atoms with Gasteiger partial charge in [0.05, 0.1) is 19.2 Å². The van der Waals surface area contributed by atoms with Crippen molar-refractivity contribution < 1.29 is 18.7 Å². The summed E-state index contributed by atoms with van der Waals surface area (Å²) in [4.78, 5) is 22.2. The van der Waals surface area contributed by atoms with Gasteiger partial charge in [-0.25, -0.2) is 4.39 Å². The Labute approximate surface area is 200 Å². The monoisotopic (exact) mass is 465 g/mol. The van der Waals surface area contributed by atoms with Crippen LogP contribution in [0.25, 0.3) is 10.9 Å². The van der Waals surface area contributed by atoms with Crippen molar-refractivity contribution in [3.05, 3.63) is 71.7 Å². The van der Waals surface area contributed by atoms with Crippen LogP contribution in [-0.2, 0) is 22.6 Å². The molecule has 0 radical (unpaired) electrons. The maximum absolute atomic E-state index is 13.8. The Balaban J connectivity index is 1.50. The highest BCUT2D eigenvalue weighted by Crippen LogP contribution is 2.23. The summed E-state index contributed by atoms with van der Waals surface area (Å²) in [6.07, 6.45) is 1.21. The van der Waals surface area contributed by atoms with Crippen LogP contribution in [-0.4, -0.2) is 60.1 Å². The van der Waals surface area contributed by atoms with Gasteiger partial charge in [0, 0.05) is 49.9 Å². The molecule has 0 spiro atoms. The number of carbonyl (C=O) groups excluding carboxylic acids is 1. The lowest BCUT2D eigenvalue weighted by molar-refractivity contribution is -0.151. The standard InChI is InChI=1S/C27H32FN3O3/c1-19(2)15-31(17-21-7-4-6-20-8-5-11-29-26(20)21)27(32)25-18-30(12-13-34-25)16-22-14-23(28)9-10-24(22)33-3/h4-11,14,19,25H,12-13,15-18H2,1-3H3/t25-/m1/s1. The van der Waals surface area contributed by atoms with Gasteiger partial charge in [0.1, 0.15) is 17.7 Å². The van der Waals surface area contributed by atoms with Gasteiger partial charge < -0.3 is 14.4 Å². The molecule has 1 amide bonds. The smallest absolute Gasteiger partial charge is 0.253 e. The zero-order valence-corrected chi connectivity index (χ0v) is 20.0. The fraction of sp³-hybridized carbons (Fsp3) is 0.407. The van der Waals surface area contributed by atoms with Gasteiger partial charge in [-0.2, -0.15) is 0 Å². The lowest BCUT2D eigenvalue weighted by atomic mass is 10.1. The van der Waals surface area contributed by atoms with Gasteiger partial charge >= 0.3 is 0 Å². The summed E-state index contributed by atoms with van der Waals surface area (Å²) >= 11 is 0. The highest BCUT2D eigenvalue weighted by Gasteiger charge is 2.31. The van der Waals surface area contributed by atoms with Crippen LogP contribution >= 0.6 is 0 Å². The van der Waals surface area contributed by atoms with Crippen molar-refractivity contribution in [1.29, 1.82) is 0 Å². The molecule has 7 heteroatoms. The fourth-order valence-corrected chi connectivity index (χ4v) is 4.48. The van der Waals surface area contributed by atoms with Crippen molar-refractivity contribution in [2.24, 2.45) is 5.92 Å². The van der Waals surface area contributed by atoms with Gasteiger partial charge in [0.25, 0.3) is 5.91 Å². The van der Waals surface area contributed by atoms with Gasteiger partial charge in [-0.1, -0.05) is 38.1 Å². The second-order valence-corrected chi connectivity index (χ2v) is 9.16. The number of para-hydroxylation sites is 1. The second-order valence-electron chi connectivity index (χ2n) is 9.16. The topological polar surface area (TPSA) is 54.9 Å². The minimum absolute atomic E-state index is 0.0301. The fourth-order valence-electron chi connectivity index (χ4n) is 4.48. The number of pyridine rings is 1. The van der Waals surface area contributed by atoms with E-state index in [2.05, 4.69) is 23.7 Å². The Bertz CT molecular complexity index is 1130. The molecule has 6 nitrogen and oxygen atoms in total. The van der Waals surface area contributed by atoms with Gasteiger partial charge in [0.15, 0.2) is 0 Å². The molecule has 0 saturated carbocycles. The predicted molar refractivity (Wildman–Crippen MR) is 130 cm³/mol. The van der Waals surface area contributed by atoms with Crippen molar-refractivity contribution in [3.63, 3.8) is 0 Å². The number of amides is 1. The minimum atomic E-state index is -0.574. The van der Waals surface area contributed by atoms with Crippen LogP contribution in [0.5, 0.6) is 5.75 Å². The van der Waals surface area contributed by atoms with Crippen LogP contribution < -0.4 is 4.74 Å². The number of aromatic nitrogens is 1. The SMILES string of the molecule is COc1ccc(F)cc1CN1CCO[C@@H](C(=O)N(Cc2cccc3cccnc23)CC(C)C)C1. The molecule has 1 atom stereocenters. The van der Waals surface area contributed by atoms with Crippen molar-refractivity contribution in [2.75, 3.05) is 33.4 Å². The van der Waals surface area contributed by atoms with E-state index in [1.165, 1.54) is 12.1 Å². The Morgan fingerprint density at radius 1 is 1.24 bits per heavy atom. The van der Waals surface area contributed by atoms with E-state index >= 15 is 0 Å². The van der Waals surface area contributed by atoms with E-state index in [9.17, 15) is 9.18 Å². The number of halogens is 1. The summed E-state index contributed by atoms with van der Waals surface area (Å²) in [6, 6.07) is 14.5. The molecule has 2 heterocycles. The van der Waals surface area contributed by atoms with Gasteiger partial charge in [0.2, 0.25) is 0 Å². The molecule has 0 bridgehead atoms. The summed E-state index contributed by atoms with van der Waals surface area (Å²) < 4.78 is 25.1. The van der Waals surface area contributed by atoms with Crippen LogP contribution in [0, 0.1) is 11.7 Å². The largest absolute Gasteiger partial charge is 0.496 e. The van der Waals surface area contributed by atoms with Crippen LogP contribution in [0.2, 0.25) is 0 Å². The quantitative estimate of drug-likeness (QED) is 0.497.